The summed E-state index contributed by atoms with van der Waals surface area (Å²) in [6, 6.07) is 6.74. The van der Waals surface area contributed by atoms with E-state index in [0.717, 1.165) is 6.42 Å². The first kappa shape index (κ1) is 13.8. The Kier molecular flexibility index (Phi) is 4.74. The summed E-state index contributed by atoms with van der Waals surface area (Å²) >= 11 is 0. The molecular weight excluding hydrogens is 204 g/mol. The number of rotatable bonds is 3. The second-order valence-electron chi connectivity index (χ2n) is 4.73. The molecule has 0 saturated heterocycles. The van der Waals surface area contributed by atoms with Crippen LogP contribution in [-0.4, -0.2) is 0 Å². The van der Waals surface area contributed by atoms with Crippen molar-refractivity contribution < 1.29 is 0 Å². The van der Waals surface area contributed by atoms with Crippen LogP contribution >= 0.6 is 0 Å². The topological polar surface area (TPSA) is 0 Å². The van der Waals surface area contributed by atoms with Gasteiger partial charge in [0.2, 0.25) is 0 Å². The van der Waals surface area contributed by atoms with Gasteiger partial charge in [0.1, 0.15) is 0 Å². The normalized spacial score (nSPS) is 13.6. The third kappa shape index (κ3) is 3.09. The van der Waals surface area contributed by atoms with Gasteiger partial charge in [0, 0.05) is 0 Å². The zero-order valence-corrected chi connectivity index (χ0v) is 12.0. The fourth-order valence-corrected chi connectivity index (χ4v) is 2.16. The summed E-state index contributed by atoms with van der Waals surface area (Å²) in [5.41, 5.74) is 8.36. The molecule has 0 heterocycles. The fraction of sp³-hybridized carbons (Fsp3) is 0.412. The summed E-state index contributed by atoms with van der Waals surface area (Å²) in [5.74, 6) is 0. The largest absolute Gasteiger partial charge is 0.0844 e. The zero-order chi connectivity index (χ0) is 13.0. The van der Waals surface area contributed by atoms with Gasteiger partial charge >= 0.3 is 0 Å². The lowest BCUT2D eigenvalue weighted by Gasteiger charge is -2.13. The van der Waals surface area contributed by atoms with E-state index in [2.05, 4.69) is 65.8 Å². The Labute approximate surface area is 106 Å². The van der Waals surface area contributed by atoms with Gasteiger partial charge in [-0.1, -0.05) is 36.8 Å². The highest BCUT2D eigenvalue weighted by Crippen LogP contribution is 2.26. The standard InChI is InChI=1S/C17H24/c1-7-12(3)17(8-2)15(6)16-10-9-13(4)14(5)11-16/h7,9-11H,8H2,1-6H3. The Balaban J connectivity index is 3.30. The van der Waals surface area contributed by atoms with E-state index >= 15 is 0 Å². The predicted octanol–water partition coefficient (Wildman–Crippen LogP) is 5.45. The summed E-state index contributed by atoms with van der Waals surface area (Å²) in [6.45, 7) is 13.1. The van der Waals surface area contributed by atoms with Gasteiger partial charge < -0.3 is 0 Å². The minimum Gasteiger partial charge on any atom is -0.0844 e. The van der Waals surface area contributed by atoms with Crippen LogP contribution in [0.2, 0.25) is 0 Å². The molecule has 0 spiro atoms. The Morgan fingerprint density at radius 3 is 2.24 bits per heavy atom. The quantitative estimate of drug-likeness (QED) is 0.603. The van der Waals surface area contributed by atoms with Crippen molar-refractivity contribution in [2.24, 2.45) is 0 Å². The van der Waals surface area contributed by atoms with Gasteiger partial charge in [0.25, 0.3) is 0 Å². The van der Waals surface area contributed by atoms with Gasteiger partial charge in [-0.05, 0) is 68.9 Å². The number of aryl methyl sites for hydroxylation is 2. The molecule has 0 aliphatic carbocycles. The Bertz CT molecular complexity index is 459. The van der Waals surface area contributed by atoms with Crippen molar-refractivity contribution in [1.82, 2.24) is 0 Å². The van der Waals surface area contributed by atoms with Gasteiger partial charge in [0.05, 0.1) is 0 Å². The lowest BCUT2D eigenvalue weighted by molar-refractivity contribution is 1.10. The van der Waals surface area contributed by atoms with Crippen molar-refractivity contribution in [2.45, 2.75) is 48.0 Å². The smallest absolute Gasteiger partial charge is 0.0222 e. The maximum Gasteiger partial charge on any atom is -0.0222 e. The minimum atomic E-state index is 1.09. The molecule has 0 fully saturated rings. The first-order valence-corrected chi connectivity index (χ1v) is 6.41. The minimum absolute atomic E-state index is 1.09. The van der Waals surface area contributed by atoms with E-state index in [1.54, 1.807) is 0 Å². The number of hydrogen-bond donors (Lipinski definition) is 0. The van der Waals surface area contributed by atoms with Gasteiger partial charge in [-0.15, -0.1) is 0 Å². The van der Waals surface area contributed by atoms with Crippen LogP contribution in [0.1, 0.15) is 50.8 Å². The molecule has 0 bridgehead atoms. The number of allylic oxidation sites excluding steroid dienone is 4. The van der Waals surface area contributed by atoms with Crippen LogP contribution in [-0.2, 0) is 0 Å². The number of benzene rings is 1. The molecule has 0 aliphatic heterocycles. The molecule has 0 radical (unpaired) electrons. The average molecular weight is 228 g/mol. The Morgan fingerprint density at radius 2 is 1.76 bits per heavy atom. The summed E-state index contributed by atoms with van der Waals surface area (Å²) in [5, 5.41) is 0. The molecule has 17 heavy (non-hydrogen) atoms. The molecule has 1 aromatic rings. The maximum atomic E-state index is 2.29. The van der Waals surface area contributed by atoms with Crippen molar-refractivity contribution in [2.75, 3.05) is 0 Å². The molecule has 0 N–H and O–H groups in total. The Morgan fingerprint density at radius 1 is 1.12 bits per heavy atom. The predicted molar refractivity (Wildman–Crippen MR) is 78.2 cm³/mol. The molecule has 1 aromatic carbocycles. The van der Waals surface area contributed by atoms with Crippen molar-refractivity contribution in [3.8, 4) is 0 Å². The van der Waals surface area contributed by atoms with Gasteiger partial charge in [0.15, 0.2) is 0 Å². The molecule has 0 heteroatoms. The molecule has 92 valence electrons. The molecule has 0 unspecified atom stereocenters. The van der Waals surface area contributed by atoms with Crippen LogP contribution in [0.5, 0.6) is 0 Å². The summed E-state index contributed by atoms with van der Waals surface area (Å²) in [7, 11) is 0. The lowest BCUT2D eigenvalue weighted by atomic mass is 9.93. The van der Waals surface area contributed by atoms with Crippen LogP contribution in [0.4, 0.5) is 0 Å². The second kappa shape index (κ2) is 5.86. The highest BCUT2D eigenvalue weighted by molar-refractivity contribution is 5.71. The van der Waals surface area contributed by atoms with E-state index in [1.807, 2.05) is 0 Å². The highest BCUT2D eigenvalue weighted by Gasteiger charge is 2.05. The van der Waals surface area contributed by atoms with E-state index < -0.39 is 0 Å². The van der Waals surface area contributed by atoms with Gasteiger partial charge in [-0.25, -0.2) is 0 Å². The SMILES string of the molecule is CC=C(C)C(CC)=C(C)c1ccc(C)c(C)c1. The summed E-state index contributed by atoms with van der Waals surface area (Å²) in [4.78, 5) is 0. The monoisotopic (exact) mass is 228 g/mol. The third-order valence-electron chi connectivity index (χ3n) is 3.66. The average Bonchev–Trinajstić information content (AvgIpc) is 2.33. The summed E-state index contributed by atoms with van der Waals surface area (Å²) in [6.07, 6.45) is 3.29. The van der Waals surface area contributed by atoms with Crippen LogP contribution in [0.3, 0.4) is 0 Å². The van der Waals surface area contributed by atoms with E-state index in [1.165, 1.54) is 33.4 Å². The van der Waals surface area contributed by atoms with Crippen LogP contribution < -0.4 is 0 Å². The molecule has 0 saturated carbocycles. The van der Waals surface area contributed by atoms with Gasteiger partial charge in [-0.3, -0.25) is 0 Å². The van der Waals surface area contributed by atoms with Crippen LogP contribution in [0.15, 0.2) is 35.4 Å². The number of hydrogen-bond acceptors (Lipinski definition) is 0. The molecule has 0 aromatic heterocycles. The van der Waals surface area contributed by atoms with Crippen molar-refractivity contribution in [3.63, 3.8) is 0 Å². The molecule has 0 aliphatic rings. The molecule has 0 amide bonds. The lowest BCUT2D eigenvalue weighted by Crippen LogP contribution is -1.92. The molecular formula is C17H24. The third-order valence-corrected chi connectivity index (χ3v) is 3.66. The first-order valence-electron chi connectivity index (χ1n) is 6.41. The van der Waals surface area contributed by atoms with Crippen LogP contribution in [0, 0.1) is 13.8 Å². The molecule has 0 nitrogen and oxygen atoms in total. The van der Waals surface area contributed by atoms with E-state index in [4.69, 9.17) is 0 Å². The van der Waals surface area contributed by atoms with Gasteiger partial charge in [-0.2, -0.15) is 0 Å². The van der Waals surface area contributed by atoms with Crippen molar-refractivity contribution in [3.05, 3.63) is 52.1 Å². The van der Waals surface area contributed by atoms with E-state index in [-0.39, 0.29) is 0 Å². The van der Waals surface area contributed by atoms with E-state index in [9.17, 15) is 0 Å². The maximum absolute atomic E-state index is 2.29. The summed E-state index contributed by atoms with van der Waals surface area (Å²) < 4.78 is 0. The fourth-order valence-electron chi connectivity index (χ4n) is 2.16. The van der Waals surface area contributed by atoms with Crippen molar-refractivity contribution >= 4 is 5.57 Å². The molecule has 0 atom stereocenters. The Hall–Kier alpha value is -1.30. The zero-order valence-electron chi connectivity index (χ0n) is 12.0. The molecule has 1 rings (SSSR count). The van der Waals surface area contributed by atoms with Crippen molar-refractivity contribution in [1.29, 1.82) is 0 Å². The first-order chi connectivity index (χ1) is 8.01. The van der Waals surface area contributed by atoms with E-state index in [0.29, 0.717) is 0 Å². The second-order valence-corrected chi connectivity index (χ2v) is 4.73. The highest BCUT2D eigenvalue weighted by atomic mass is 14.1. The van der Waals surface area contributed by atoms with Crippen LogP contribution in [0.25, 0.3) is 5.57 Å².